The van der Waals surface area contributed by atoms with E-state index in [1.807, 2.05) is 0 Å². The molecule has 0 spiro atoms. The van der Waals surface area contributed by atoms with Gasteiger partial charge in [0.2, 0.25) is 0 Å². The number of benzene rings is 1. The summed E-state index contributed by atoms with van der Waals surface area (Å²) in [6.07, 6.45) is 9.51. The molecule has 18 heavy (non-hydrogen) atoms. The molecule has 0 bridgehead atoms. The number of hydrogen-bond donors (Lipinski definition) is 1. The van der Waals surface area contributed by atoms with Crippen LogP contribution >= 0.6 is 0 Å². The third-order valence-corrected chi connectivity index (χ3v) is 4.34. The Morgan fingerprint density at radius 2 is 1.78 bits per heavy atom. The molecule has 0 aliphatic heterocycles. The lowest BCUT2D eigenvalue weighted by atomic mass is 9.83. The van der Waals surface area contributed by atoms with Crippen LogP contribution in [0.2, 0.25) is 0 Å². The maximum Gasteiger partial charge on any atom is 0.0317 e. The van der Waals surface area contributed by atoms with E-state index < -0.39 is 0 Å². The summed E-state index contributed by atoms with van der Waals surface area (Å²) in [5.74, 6) is 0.826. The van der Waals surface area contributed by atoms with Gasteiger partial charge in [-0.1, -0.05) is 56.9 Å². The Bertz CT molecular complexity index is 311. The van der Waals surface area contributed by atoms with Crippen LogP contribution in [-0.4, -0.2) is 7.05 Å². The minimum atomic E-state index is 0.524. The third kappa shape index (κ3) is 3.35. The molecule has 1 fully saturated rings. The Hall–Kier alpha value is -0.820. The summed E-state index contributed by atoms with van der Waals surface area (Å²) < 4.78 is 0. The summed E-state index contributed by atoms with van der Waals surface area (Å²) in [7, 11) is 2.06. The van der Waals surface area contributed by atoms with Crippen molar-refractivity contribution in [1.29, 1.82) is 0 Å². The van der Waals surface area contributed by atoms with E-state index in [1.165, 1.54) is 50.5 Å². The molecule has 1 unspecified atom stereocenters. The van der Waals surface area contributed by atoms with E-state index in [1.54, 1.807) is 5.56 Å². The Balaban J connectivity index is 2.03. The van der Waals surface area contributed by atoms with Crippen molar-refractivity contribution in [3.8, 4) is 0 Å². The second-order valence-corrected chi connectivity index (χ2v) is 5.63. The fourth-order valence-corrected chi connectivity index (χ4v) is 3.20. The predicted octanol–water partition coefficient (Wildman–Crippen LogP) is 4.79. The van der Waals surface area contributed by atoms with Crippen molar-refractivity contribution in [1.82, 2.24) is 5.32 Å². The summed E-state index contributed by atoms with van der Waals surface area (Å²) in [6.45, 7) is 2.25. The molecule has 0 radical (unpaired) electrons. The zero-order chi connectivity index (χ0) is 12.8. The number of hydrogen-bond acceptors (Lipinski definition) is 1. The van der Waals surface area contributed by atoms with Crippen LogP contribution in [0.5, 0.6) is 0 Å². The standard InChI is InChI=1S/C17H27N/c1-3-7-17(18-2)16-12-10-15(11-13-16)14-8-5-4-6-9-14/h10-14,17-18H,3-9H2,1-2H3. The first-order valence-corrected chi connectivity index (χ1v) is 7.62. The fraction of sp³-hybridized carbons (Fsp3) is 0.647. The van der Waals surface area contributed by atoms with Gasteiger partial charge in [0.05, 0.1) is 0 Å². The molecule has 1 aromatic rings. The van der Waals surface area contributed by atoms with E-state index in [-0.39, 0.29) is 0 Å². The number of rotatable bonds is 5. The largest absolute Gasteiger partial charge is 0.313 e. The summed E-state index contributed by atoms with van der Waals surface area (Å²) in [6, 6.07) is 9.92. The Labute approximate surface area is 112 Å². The van der Waals surface area contributed by atoms with Gasteiger partial charge in [-0.15, -0.1) is 0 Å². The van der Waals surface area contributed by atoms with E-state index in [0.717, 1.165) is 5.92 Å². The average Bonchev–Trinajstić information content (AvgIpc) is 2.46. The molecule has 0 amide bonds. The predicted molar refractivity (Wildman–Crippen MR) is 79.0 cm³/mol. The molecule has 1 nitrogen and oxygen atoms in total. The fourth-order valence-electron chi connectivity index (χ4n) is 3.20. The van der Waals surface area contributed by atoms with E-state index in [0.29, 0.717) is 6.04 Å². The van der Waals surface area contributed by atoms with Crippen LogP contribution in [0.1, 0.15) is 75.0 Å². The zero-order valence-electron chi connectivity index (χ0n) is 11.9. The lowest BCUT2D eigenvalue weighted by molar-refractivity contribution is 0.443. The summed E-state index contributed by atoms with van der Waals surface area (Å²) in [5, 5.41) is 3.42. The lowest BCUT2D eigenvalue weighted by Crippen LogP contribution is -2.16. The van der Waals surface area contributed by atoms with Crippen LogP contribution in [0.4, 0.5) is 0 Å². The second kappa shape index (κ2) is 6.94. The smallest absolute Gasteiger partial charge is 0.0317 e. The van der Waals surface area contributed by atoms with Gasteiger partial charge in [0.25, 0.3) is 0 Å². The molecular formula is C17H27N. The van der Waals surface area contributed by atoms with Gasteiger partial charge in [-0.05, 0) is 43.4 Å². The van der Waals surface area contributed by atoms with Crippen LogP contribution in [-0.2, 0) is 0 Å². The van der Waals surface area contributed by atoms with Crippen LogP contribution in [0.25, 0.3) is 0 Å². The molecule has 1 aromatic carbocycles. The monoisotopic (exact) mass is 245 g/mol. The SMILES string of the molecule is CCCC(NC)c1ccc(C2CCCCC2)cc1. The highest BCUT2D eigenvalue weighted by molar-refractivity contribution is 5.27. The maximum absolute atomic E-state index is 3.42. The average molecular weight is 245 g/mol. The van der Waals surface area contributed by atoms with Crippen molar-refractivity contribution in [2.45, 2.75) is 63.8 Å². The summed E-state index contributed by atoms with van der Waals surface area (Å²) >= 11 is 0. The van der Waals surface area contributed by atoms with Crippen molar-refractivity contribution < 1.29 is 0 Å². The zero-order valence-corrected chi connectivity index (χ0v) is 11.9. The second-order valence-electron chi connectivity index (χ2n) is 5.63. The van der Waals surface area contributed by atoms with Crippen molar-refractivity contribution in [2.75, 3.05) is 7.05 Å². The highest BCUT2D eigenvalue weighted by Crippen LogP contribution is 2.33. The maximum atomic E-state index is 3.42. The number of nitrogens with one attached hydrogen (secondary N) is 1. The first-order valence-electron chi connectivity index (χ1n) is 7.62. The van der Waals surface area contributed by atoms with Gasteiger partial charge < -0.3 is 5.32 Å². The molecule has 100 valence electrons. The molecule has 1 heteroatoms. The normalized spacial score (nSPS) is 18.8. The molecule has 0 aromatic heterocycles. The van der Waals surface area contributed by atoms with Gasteiger partial charge in [0.15, 0.2) is 0 Å². The van der Waals surface area contributed by atoms with E-state index in [9.17, 15) is 0 Å². The van der Waals surface area contributed by atoms with Crippen molar-refractivity contribution in [3.05, 3.63) is 35.4 Å². The molecule has 1 aliphatic rings. The molecule has 1 aliphatic carbocycles. The molecule has 1 N–H and O–H groups in total. The minimum Gasteiger partial charge on any atom is -0.313 e. The Morgan fingerprint density at radius 1 is 1.11 bits per heavy atom. The lowest BCUT2D eigenvalue weighted by Gasteiger charge is -2.23. The van der Waals surface area contributed by atoms with Crippen LogP contribution in [0.3, 0.4) is 0 Å². The first-order chi connectivity index (χ1) is 8.85. The summed E-state index contributed by atoms with van der Waals surface area (Å²) in [5.41, 5.74) is 3.00. The third-order valence-electron chi connectivity index (χ3n) is 4.34. The van der Waals surface area contributed by atoms with Crippen molar-refractivity contribution >= 4 is 0 Å². The van der Waals surface area contributed by atoms with E-state index in [2.05, 4.69) is 43.6 Å². The van der Waals surface area contributed by atoms with Gasteiger partial charge in [-0.2, -0.15) is 0 Å². The van der Waals surface area contributed by atoms with Crippen molar-refractivity contribution in [3.63, 3.8) is 0 Å². The highest BCUT2D eigenvalue weighted by Gasteiger charge is 2.16. The van der Waals surface area contributed by atoms with E-state index >= 15 is 0 Å². The van der Waals surface area contributed by atoms with Crippen molar-refractivity contribution in [2.24, 2.45) is 0 Å². The first kappa shape index (κ1) is 13.6. The molecule has 2 rings (SSSR count). The molecular weight excluding hydrogens is 218 g/mol. The molecule has 0 heterocycles. The van der Waals surface area contributed by atoms with Gasteiger partial charge in [0.1, 0.15) is 0 Å². The molecule has 1 atom stereocenters. The summed E-state index contributed by atoms with van der Waals surface area (Å²) in [4.78, 5) is 0. The topological polar surface area (TPSA) is 12.0 Å². The Morgan fingerprint density at radius 3 is 2.33 bits per heavy atom. The van der Waals surface area contributed by atoms with Gasteiger partial charge in [-0.3, -0.25) is 0 Å². The van der Waals surface area contributed by atoms with Crippen LogP contribution < -0.4 is 5.32 Å². The quantitative estimate of drug-likeness (QED) is 0.786. The molecule has 1 saturated carbocycles. The highest BCUT2D eigenvalue weighted by atomic mass is 14.9. The van der Waals surface area contributed by atoms with Crippen LogP contribution in [0, 0.1) is 0 Å². The van der Waals surface area contributed by atoms with Gasteiger partial charge >= 0.3 is 0 Å². The Kier molecular flexibility index (Phi) is 5.25. The van der Waals surface area contributed by atoms with Gasteiger partial charge in [-0.25, -0.2) is 0 Å². The minimum absolute atomic E-state index is 0.524. The van der Waals surface area contributed by atoms with E-state index in [4.69, 9.17) is 0 Å². The molecule has 0 saturated heterocycles. The van der Waals surface area contributed by atoms with Gasteiger partial charge in [0, 0.05) is 6.04 Å². The van der Waals surface area contributed by atoms with Crippen LogP contribution in [0.15, 0.2) is 24.3 Å².